The highest BCUT2D eigenvalue weighted by Crippen LogP contribution is 2.23. The topological polar surface area (TPSA) is 82.5 Å². The van der Waals surface area contributed by atoms with Crippen LogP contribution in [0.15, 0.2) is 24.5 Å². The van der Waals surface area contributed by atoms with Crippen LogP contribution in [0.2, 0.25) is 0 Å². The van der Waals surface area contributed by atoms with Crippen LogP contribution in [0, 0.1) is 0 Å². The molecule has 0 saturated carbocycles. The van der Waals surface area contributed by atoms with E-state index in [0.717, 1.165) is 5.56 Å². The zero-order valence-electron chi connectivity index (χ0n) is 8.46. The average Bonchev–Trinajstić information content (AvgIpc) is 2.61. The molecule has 0 radical (unpaired) electrons. The molecular formula is C10H11N3O3. The van der Waals surface area contributed by atoms with Crippen molar-refractivity contribution in [2.45, 2.75) is 6.04 Å². The smallest absolute Gasteiger partial charge is 0.323 e. The van der Waals surface area contributed by atoms with Crippen molar-refractivity contribution in [3.8, 4) is 0 Å². The highest BCUT2D eigenvalue weighted by Gasteiger charge is 2.33. The molecule has 84 valence electrons. The lowest BCUT2D eigenvalue weighted by Gasteiger charge is -2.20. The predicted octanol–water partition coefficient (Wildman–Crippen LogP) is 0.232. The molecule has 0 spiro atoms. The van der Waals surface area contributed by atoms with E-state index in [1.54, 1.807) is 18.5 Å². The van der Waals surface area contributed by atoms with E-state index in [9.17, 15) is 9.59 Å². The van der Waals surface area contributed by atoms with E-state index in [1.165, 1.54) is 4.90 Å². The fourth-order valence-corrected chi connectivity index (χ4v) is 1.74. The van der Waals surface area contributed by atoms with Gasteiger partial charge < -0.3 is 15.3 Å². The number of rotatable bonds is 3. The van der Waals surface area contributed by atoms with Crippen LogP contribution in [-0.2, 0) is 4.79 Å². The molecule has 6 heteroatoms. The van der Waals surface area contributed by atoms with Crippen LogP contribution in [-0.4, -0.2) is 40.1 Å². The molecule has 1 saturated heterocycles. The fourth-order valence-electron chi connectivity index (χ4n) is 1.74. The van der Waals surface area contributed by atoms with Crippen LogP contribution in [0.3, 0.4) is 0 Å². The quantitative estimate of drug-likeness (QED) is 0.765. The van der Waals surface area contributed by atoms with Crippen LogP contribution < -0.4 is 5.32 Å². The summed E-state index contributed by atoms with van der Waals surface area (Å²) in [6.45, 7) is 0.114. The average molecular weight is 221 g/mol. The van der Waals surface area contributed by atoms with Gasteiger partial charge in [-0.15, -0.1) is 0 Å². The summed E-state index contributed by atoms with van der Waals surface area (Å²) in [5.74, 6) is -1.02. The van der Waals surface area contributed by atoms with E-state index in [2.05, 4.69) is 10.3 Å². The van der Waals surface area contributed by atoms with Crippen molar-refractivity contribution < 1.29 is 14.7 Å². The summed E-state index contributed by atoms with van der Waals surface area (Å²) in [6, 6.07) is 2.98. The van der Waals surface area contributed by atoms with Gasteiger partial charge in [-0.25, -0.2) is 4.79 Å². The third kappa shape index (κ3) is 1.95. The van der Waals surface area contributed by atoms with Crippen LogP contribution >= 0.6 is 0 Å². The molecule has 2 rings (SSSR count). The Hall–Kier alpha value is -2.11. The maximum absolute atomic E-state index is 11.4. The molecule has 1 unspecified atom stereocenters. The lowest BCUT2D eigenvalue weighted by atomic mass is 10.1. The van der Waals surface area contributed by atoms with Gasteiger partial charge in [-0.3, -0.25) is 9.78 Å². The molecule has 1 aliphatic rings. The number of pyridine rings is 1. The van der Waals surface area contributed by atoms with Crippen LogP contribution in [0.1, 0.15) is 11.6 Å². The summed E-state index contributed by atoms with van der Waals surface area (Å²) in [5.41, 5.74) is 0.835. The maximum atomic E-state index is 11.4. The zero-order chi connectivity index (χ0) is 11.5. The second-order valence-corrected chi connectivity index (χ2v) is 3.51. The first kappa shape index (κ1) is 10.4. The summed E-state index contributed by atoms with van der Waals surface area (Å²) >= 11 is 0. The molecule has 1 aromatic rings. The molecule has 16 heavy (non-hydrogen) atoms. The van der Waals surface area contributed by atoms with Crippen molar-refractivity contribution in [2.24, 2.45) is 0 Å². The minimum atomic E-state index is -1.02. The number of carbonyl (C=O) groups is 2. The first-order chi connectivity index (χ1) is 7.68. The largest absolute Gasteiger partial charge is 0.480 e. The Balaban J connectivity index is 2.21. The first-order valence-electron chi connectivity index (χ1n) is 4.84. The number of aromatic nitrogens is 1. The molecule has 0 aliphatic carbocycles. The number of hydrogen-bond acceptors (Lipinski definition) is 3. The van der Waals surface area contributed by atoms with E-state index in [4.69, 9.17) is 5.11 Å². The van der Waals surface area contributed by atoms with Gasteiger partial charge in [0, 0.05) is 18.9 Å². The highest BCUT2D eigenvalue weighted by atomic mass is 16.4. The minimum Gasteiger partial charge on any atom is -0.480 e. The molecular weight excluding hydrogens is 210 g/mol. The summed E-state index contributed by atoms with van der Waals surface area (Å²) in [7, 11) is 0. The number of aliphatic carboxylic acids is 1. The summed E-state index contributed by atoms with van der Waals surface area (Å²) in [6.07, 6.45) is 3.27. The number of urea groups is 1. The Labute approximate surface area is 91.9 Å². The third-order valence-corrected chi connectivity index (χ3v) is 2.46. The van der Waals surface area contributed by atoms with Crippen molar-refractivity contribution in [1.29, 1.82) is 0 Å². The first-order valence-corrected chi connectivity index (χ1v) is 4.84. The summed E-state index contributed by atoms with van der Waals surface area (Å²) in [4.78, 5) is 27.3. The van der Waals surface area contributed by atoms with E-state index < -0.39 is 5.97 Å². The van der Waals surface area contributed by atoms with Gasteiger partial charge in [0.2, 0.25) is 0 Å². The standard InChI is InChI=1S/C10H11N3O3/c14-9(15)6-13-8(5-12-10(13)16)7-2-1-3-11-4-7/h1-4,8H,5-6H2,(H,12,16)(H,14,15). The Kier molecular flexibility index (Phi) is 2.72. The molecule has 1 aromatic heterocycles. The second-order valence-electron chi connectivity index (χ2n) is 3.51. The fraction of sp³-hybridized carbons (Fsp3) is 0.300. The summed E-state index contributed by atoms with van der Waals surface area (Å²) < 4.78 is 0. The number of carbonyl (C=O) groups excluding carboxylic acids is 1. The number of carboxylic acids is 1. The van der Waals surface area contributed by atoms with Gasteiger partial charge in [-0.1, -0.05) is 6.07 Å². The van der Waals surface area contributed by atoms with Crippen LogP contribution in [0.25, 0.3) is 0 Å². The van der Waals surface area contributed by atoms with Gasteiger partial charge in [-0.2, -0.15) is 0 Å². The Morgan fingerprint density at radius 1 is 1.69 bits per heavy atom. The van der Waals surface area contributed by atoms with Crippen molar-refractivity contribution >= 4 is 12.0 Å². The number of carboxylic acid groups (broad SMARTS) is 1. The zero-order valence-corrected chi connectivity index (χ0v) is 8.46. The van der Waals surface area contributed by atoms with Crippen molar-refractivity contribution in [2.75, 3.05) is 13.1 Å². The van der Waals surface area contributed by atoms with Gasteiger partial charge in [0.25, 0.3) is 0 Å². The molecule has 1 aliphatic heterocycles. The Morgan fingerprint density at radius 3 is 3.12 bits per heavy atom. The van der Waals surface area contributed by atoms with E-state index in [1.807, 2.05) is 6.07 Å². The SMILES string of the molecule is O=C(O)CN1C(=O)NCC1c1cccnc1. The molecule has 2 amide bonds. The molecule has 2 N–H and O–H groups in total. The van der Waals surface area contributed by atoms with Gasteiger partial charge >= 0.3 is 12.0 Å². The molecule has 1 fully saturated rings. The van der Waals surface area contributed by atoms with E-state index in [-0.39, 0.29) is 18.6 Å². The van der Waals surface area contributed by atoms with Gasteiger partial charge in [-0.05, 0) is 11.6 Å². The molecule has 0 bridgehead atoms. The van der Waals surface area contributed by atoms with Gasteiger partial charge in [0.05, 0.1) is 6.04 Å². The maximum Gasteiger partial charge on any atom is 0.323 e. The molecule has 0 aromatic carbocycles. The number of amides is 2. The number of hydrogen-bond donors (Lipinski definition) is 2. The number of nitrogens with zero attached hydrogens (tertiary/aromatic N) is 2. The minimum absolute atomic E-state index is 0.253. The van der Waals surface area contributed by atoms with Crippen molar-refractivity contribution in [3.05, 3.63) is 30.1 Å². The normalized spacial score (nSPS) is 19.6. The van der Waals surface area contributed by atoms with Crippen molar-refractivity contribution in [1.82, 2.24) is 15.2 Å². The van der Waals surface area contributed by atoms with Crippen LogP contribution in [0.4, 0.5) is 4.79 Å². The van der Waals surface area contributed by atoms with Gasteiger partial charge in [0.1, 0.15) is 6.54 Å². The second kappa shape index (κ2) is 4.18. The van der Waals surface area contributed by atoms with E-state index in [0.29, 0.717) is 6.54 Å². The summed E-state index contributed by atoms with van der Waals surface area (Å²) in [5, 5.41) is 11.3. The Morgan fingerprint density at radius 2 is 2.50 bits per heavy atom. The predicted molar refractivity (Wildman–Crippen MR) is 54.7 cm³/mol. The molecule has 6 nitrogen and oxygen atoms in total. The van der Waals surface area contributed by atoms with Crippen LogP contribution in [0.5, 0.6) is 0 Å². The highest BCUT2D eigenvalue weighted by molar-refractivity contribution is 5.82. The monoisotopic (exact) mass is 221 g/mol. The van der Waals surface area contributed by atoms with Gasteiger partial charge in [0.15, 0.2) is 0 Å². The molecule has 2 heterocycles. The van der Waals surface area contributed by atoms with Crippen molar-refractivity contribution in [3.63, 3.8) is 0 Å². The lowest BCUT2D eigenvalue weighted by molar-refractivity contribution is -0.137. The molecule has 1 atom stereocenters. The lowest BCUT2D eigenvalue weighted by Crippen LogP contribution is -2.34. The Bertz CT molecular complexity index is 407. The third-order valence-electron chi connectivity index (χ3n) is 2.46. The number of nitrogens with one attached hydrogen (secondary N) is 1. The van der Waals surface area contributed by atoms with E-state index >= 15 is 0 Å².